The molecule has 6 heteroatoms. The highest BCUT2D eigenvalue weighted by Crippen LogP contribution is 2.19. The van der Waals surface area contributed by atoms with Gasteiger partial charge in [0.15, 0.2) is 0 Å². The van der Waals surface area contributed by atoms with E-state index in [1.54, 1.807) is 30.3 Å². The Balaban J connectivity index is 2.03. The largest absolute Gasteiger partial charge is 0.323 e. The van der Waals surface area contributed by atoms with Crippen molar-refractivity contribution < 1.29 is 4.79 Å². The van der Waals surface area contributed by atoms with Crippen LogP contribution in [-0.2, 0) is 0 Å². The Hall–Kier alpha value is -1.78. The molecule has 0 atom stereocenters. The van der Waals surface area contributed by atoms with Crippen LogP contribution in [0.3, 0.4) is 0 Å². The van der Waals surface area contributed by atoms with E-state index in [0.717, 1.165) is 5.56 Å². The van der Waals surface area contributed by atoms with Gasteiger partial charge in [0.05, 0.1) is 0 Å². The van der Waals surface area contributed by atoms with Crippen LogP contribution in [-0.4, -0.2) is 11.0 Å². The Bertz CT molecular complexity index is 617. The van der Waals surface area contributed by atoms with E-state index in [4.69, 9.17) is 23.2 Å². The van der Waals surface area contributed by atoms with Gasteiger partial charge in [-0.15, -0.1) is 0 Å². The molecular formula is C13H11Cl2N3O. The van der Waals surface area contributed by atoms with Gasteiger partial charge in [0.2, 0.25) is 0 Å². The topological polar surface area (TPSA) is 54.0 Å². The van der Waals surface area contributed by atoms with Crippen LogP contribution in [0.2, 0.25) is 10.2 Å². The number of amides is 2. The van der Waals surface area contributed by atoms with Gasteiger partial charge < -0.3 is 10.6 Å². The van der Waals surface area contributed by atoms with Crippen LogP contribution < -0.4 is 10.6 Å². The zero-order valence-corrected chi connectivity index (χ0v) is 11.6. The number of aromatic nitrogens is 1. The lowest BCUT2D eigenvalue weighted by Gasteiger charge is -2.08. The van der Waals surface area contributed by atoms with Gasteiger partial charge in [-0.3, -0.25) is 0 Å². The number of hydrogen-bond donors (Lipinski definition) is 2. The maximum absolute atomic E-state index is 11.8. The van der Waals surface area contributed by atoms with Gasteiger partial charge in [0.1, 0.15) is 5.15 Å². The van der Waals surface area contributed by atoms with Gasteiger partial charge in [-0.05, 0) is 42.8 Å². The molecule has 1 heterocycles. The summed E-state index contributed by atoms with van der Waals surface area (Å²) < 4.78 is 0. The van der Waals surface area contributed by atoms with E-state index in [-0.39, 0.29) is 6.03 Å². The van der Waals surface area contributed by atoms with Crippen molar-refractivity contribution in [2.45, 2.75) is 6.92 Å². The van der Waals surface area contributed by atoms with Gasteiger partial charge in [0, 0.05) is 22.6 Å². The molecule has 0 radical (unpaired) electrons. The Kier molecular flexibility index (Phi) is 4.24. The fourth-order valence-electron chi connectivity index (χ4n) is 1.50. The summed E-state index contributed by atoms with van der Waals surface area (Å²) in [5, 5.41) is 6.34. The number of pyridine rings is 1. The average molecular weight is 296 g/mol. The Morgan fingerprint density at radius 2 is 1.79 bits per heavy atom. The quantitative estimate of drug-likeness (QED) is 0.810. The number of nitrogens with zero attached hydrogens (tertiary/aromatic N) is 1. The number of anilines is 2. The summed E-state index contributed by atoms with van der Waals surface area (Å²) in [6, 6.07) is 8.11. The van der Waals surface area contributed by atoms with Crippen molar-refractivity contribution in [3.05, 3.63) is 52.3 Å². The van der Waals surface area contributed by atoms with Crippen molar-refractivity contribution in [3.63, 3.8) is 0 Å². The highest BCUT2D eigenvalue weighted by atomic mass is 35.5. The zero-order valence-electron chi connectivity index (χ0n) is 10.1. The number of urea groups is 1. The number of carbonyl (C=O) groups excluding carboxylic acids is 1. The monoisotopic (exact) mass is 295 g/mol. The number of benzene rings is 1. The number of halogens is 2. The maximum Gasteiger partial charge on any atom is 0.323 e. The van der Waals surface area contributed by atoms with Crippen LogP contribution in [0.1, 0.15) is 5.56 Å². The molecule has 98 valence electrons. The van der Waals surface area contributed by atoms with Gasteiger partial charge >= 0.3 is 6.03 Å². The second-order valence-corrected chi connectivity index (χ2v) is 4.70. The first-order valence-corrected chi connectivity index (χ1v) is 6.26. The lowest BCUT2D eigenvalue weighted by atomic mass is 10.2. The SMILES string of the molecule is Cc1cc(NC(=O)Nc2ccnc(Cl)c2)ccc1Cl. The molecular weight excluding hydrogens is 285 g/mol. The van der Waals surface area contributed by atoms with Crippen LogP contribution in [0.5, 0.6) is 0 Å². The number of hydrogen-bond acceptors (Lipinski definition) is 2. The minimum Gasteiger partial charge on any atom is -0.308 e. The number of nitrogens with one attached hydrogen (secondary N) is 2. The van der Waals surface area contributed by atoms with E-state index in [9.17, 15) is 4.79 Å². The molecule has 2 amide bonds. The van der Waals surface area contributed by atoms with Crippen LogP contribution in [0.25, 0.3) is 0 Å². The summed E-state index contributed by atoms with van der Waals surface area (Å²) in [5.41, 5.74) is 2.13. The van der Waals surface area contributed by atoms with Crippen molar-refractivity contribution in [1.82, 2.24) is 4.98 Å². The molecule has 1 aromatic carbocycles. The zero-order chi connectivity index (χ0) is 13.8. The predicted octanol–water partition coefficient (Wildman–Crippen LogP) is 4.34. The molecule has 0 fully saturated rings. The molecule has 4 nitrogen and oxygen atoms in total. The van der Waals surface area contributed by atoms with Crippen LogP contribution >= 0.6 is 23.2 Å². The van der Waals surface area contributed by atoms with E-state index < -0.39 is 0 Å². The van der Waals surface area contributed by atoms with Crippen molar-refractivity contribution in [3.8, 4) is 0 Å². The second kappa shape index (κ2) is 5.91. The second-order valence-electron chi connectivity index (χ2n) is 3.91. The standard InChI is InChI=1S/C13H11Cl2N3O/c1-8-6-9(2-3-11(8)14)17-13(19)18-10-4-5-16-12(15)7-10/h2-7H,1H3,(H2,16,17,18,19). The Labute approximate surface area is 120 Å². The van der Waals surface area contributed by atoms with E-state index in [0.29, 0.717) is 21.6 Å². The third kappa shape index (κ3) is 3.84. The molecule has 2 N–H and O–H groups in total. The maximum atomic E-state index is 11.8. The number of rotatable bonds is 2. The minimum atomic E-state index is -0.357. The molecule has 0 aliphatic rings. The van der Waals surface area contributed by atoms with Crippen LogP contribution in [0.15, 0.2) is 36.5 Å². The highest BCUT2D eigenvalue weighted by molar-refractivity contribution is 6.31. The van der Waals surface area contributed by atoms with E-state index in [1.165, 1.54) is 6.20 Å². The first-order valence-electron chi connectivity index (χ1n) is 5.50. The average Bonchev–Trinajstić information content (AvgIpc) is 2.34. The summed E-state index contributed by atoms with van der Waals surface area (Å²) in [6.45, 7) is 1.87. The molecule has 0 aliphatic heterocycles. The third-order valence-electron chi connectivity index (χ3n) is 2.40. The van der Waals surface area contributed by atoms with Crippen LogP contribution in [0, 0.1) is 6.92 Å². The van der Waals surface area contributed by atoms with Gasteiger partial charge in [-0.2, -0.15) is 0 Å². The molecule has 1 aromatic heterocycles. The Morgan fingerprint density at radius 1 is 1.11 bits per heavy atom. The highest BCUT2D eigenvalue weighted by Gasteiger charge is 2.04. The summed E-state index contributed by atoms with van der Waals surface area (Å²) in [7, 11) is 0. The lowest BCUT2D eigenvalue weighted by Crippen LogP contribution is -2.19. The molecule has 0 saturated heterocycles. The molecule has 2 aromatic rings. The van der Waals surface area contributed by atoms with Gasteiger partial charge in [0.25, 0.3) is 0 Å². The lowest BCUT2D eigenvalue weighted by molar-refractivity contribution is 0.262. The van der Waals surface area contributed by atoms with Crippen molar-refractivity contribution in [2.75, 3.05) is 10.6 Å². The van der Waals surface area contributed by atoms with Crippen molar-refractivity contribution in [2.24, 2.45) is 0 Å². The normalized spacial score (nSPS) is 10.1. The number of carbonyl (C=O) groups is 1. The Morgan fingerprint density at radius 3 is 2.42 bits per heavy atom. The molecule has 0 unspecified atom stereocenters. The third-order valence-corrected chi connectivity index (χ3v) is 3.03. The fraction of sp³-hybridized carbons (Fsp3) is 0.0769. The minimum absolute atomic E-state index is 0.320. The first-order chi connectivity index (χ1) is 9.04. The smallest absolute Gasteiger partial charge is 0.308 e. The van der Waals surface area contributed by atoms with Crippen LogP contribution in [0.4, 0.5) is 16.2 Å². The fourth-order valence-corrected chi connectivity index (χ4v) is 1.79. The van der Waals surface area contributed by atoms with E-state index in [1.807, 2.05) is 6.92 Å². The van der Waals surface area contributed by atoms with Gasteiger partial charge in [-0.1, -0.05) is 23.2 Å². The first kappa shape index (κ1) is 13.6. The predicted molar refractivity (Wildman–Crippen MR) is 78.1 cm³/mol. The molecule has 0 saturated carbocycles. The van der Waals surface area contributed by atoms with Crippen molar-refractivity contribution >= 4 is 40.6 Å². The summed E-state index contributed by atoms with van der Waals surface area (Å²) in [5.74, 6) is 0. The summed E-state index contributed by atoms with van der Waals surface area (Å²) >= 11 is 11.6. The summed E-state index contributed by atoms with van der Waals surface area (Å²) in [4.78, 5) is 15.6. The van der Waals surface area contributed by atoms with Gasteiger partial charge in [-0.25, -0.2) is 9.78 Å². The molecule has 0 spiro atoms. The van der Waals surface area contributed by atoms with E-state index >= 15 is 0 Å². The number of aryl methyl sites for hydroxylation is 1. The van der Waals surface area contributed by atoms with Crippen molar-refractivity contribution in [1.29, 1.82) is 0 Å². The molecule has 0 aliphatic carbocycles. The molecule has 2 rings (SSSR count). The summed E-state index contributed by atoms with van der Waals surface area (Å²) in [6.07, 6.45) is 1.52. The molecule has 19 heavy (non-hydrogen) atoms. The molecule has 0 bridgehead atoms. The van der Waals surface area contributed by atoms with E-state index in [2.05, 4.69) is 15.6 Å².